The van der Waals surface area contributed by atoms with Crippen LogP contribution in [0.4, 0.5) is 4.79 Å². The Kier molecular flexibility index (Phi) is 4.55. The zero-order valence-electron chi connectivity index (χ0n) is 11.5. The lowest BCUT2D eigenvalue weighted by Gasteiger charge is -2.10. The highest BCUT2D eigenvalue weighted by Crippen LogP contribution is 2.41. The molecule has 1 N–H and O–H groups in total. The number of amides is 2. The first-order valence-corrected chi connectivity index (χ1v) is 6.87. The molecular formula is C12H25N4O2+. The molecule has 2 rings (SSSR count). The maximum atomic E-state index is 11.4. The lowest BCUT2D eigenvalue weighted by molar-refractivity contribution is -0.702. The number of quaternary nitrogens is 1. The Bertz CT molecular complexity index is 292. The van der Waals surface area contributed by atoms with E-state index >= 15 is 0 Å². The smallest absolute Gasteiger partial charge is 0.293 e. The number of hydrogen-bond donors (Lipinski definition) is 1. The summed E-state index contributed by atoms with van der Waals surface area (Å²) in [5, 5.41) is 6.93. The van der Waals surface area contributed by atoms with Gasteiger partial charge in [0.1, 0.15) is 6.73 Å². The van der Waals surface area contributed by atoms with Crippen LogP contribution in [0.25, 0.3) is 0 Å². The molecule has 0 atom stereocenters. The Morgan fingerprint density at radius 2 is 2.00 bits per heavy atom. The highest BCUT2D eigenvalue weighted by atomic mass is 16.7. The van der Waals surface area contributed by atoms with Gasteiger partial charge in [-0.05, 0) is 19.4 Å². The molecular weight excluding hydrogens is 232 g/mol. The van der Waals surface area contributed by atoms with Crippen molar-refractivity contribution in [3.8, 4) is 0 Å². The summed E-state index contributed by atoms with van der Waals surface area (Å²) in [5.41, 5.74) is 0. The van der Waals surface area contributed by atoms with E-state index in [4.69, 9.17) is 4.84 Å². The van der Waals surface area contributed by atoms with Crippen LogP contribution in [0, 0.1) is 0 Å². The summed E-state index contributed by atoms with van der Waals surface area (Å²) < 4.78 is 0.684. The zero-order chi connectivity index (χ0) is 13.0. The van der Waals surface area contributed by atoms with E-state index < -0.39 is 0 Å². The molecule has 6 nitrogen and oxygen atoms in total. The quantitative estimate of drug-likeness (QED) is 0.206. The molecule has 2 aliphatic rings. The summed E-state index contributed by atoms with van der Waals surface area (Å²) in [7, 11) is 3.75. The Morgan fingerprint density at radius 1 is 1.28 bits per heavy atom. The normalized spacial score (nSPS) is 19.9. The Morgan fingerprint density at radius 3 is 2.61 bits per heavy atom. The SMILES string of the molecule is CN(C)OCNCCCCCCN1C(=O)[N+]12CC2. The summed E-state index contributed by atoms with van der Waals surface area (Å²) >= 11 is 0. The van der Waals surface area contributed by atoms with Crippen LogP contribution in [0.1, 0.15) is 25.7 Å². The number of hydroxylamine groups is 2. The Balaban J connectivity index is 1.33. The number of nitrogens with zero attached hydrogens (tertiary/aromatic N) is 3. The maximum Gasteiger partial charge on any atom is 0.488 e. The third-order valence-electron chi connectivity index (χ3n) is 3.55. The van der Waals surface area contributed by atoms with Gasteiger partial charge < -0.3 is 0 Å². The second kappa shape index (κ2) is 5.97. The molecule has 0 radical (unpaired) electrons. The van der Waals surface area contributed by atoms with Gasteiger partial charge in [0.25, 0.3) is 0 Å². The molecule has 2 saturated heterocycles. The van der Waals surface area contributed by atoms with E-state index in [0.717, 1.165) is 32.6 Å². The highest BCUT2D eigenvalue weighted by molar-refractivity contribution is 5.77. The maximum absolute atomic E-state index is 11.4. The van der Waals surface area contributed by atoms with Crippen LogP contribution in [0.15, 0.2) is 0 Å². The standard InChI is InChI=1S/C12H25N4O2/c1-14(2)18-11-13-7-5-3-4-6-8-15-12(17)16(15)9-10-16/h13H,3-11H2,1-2H3/q+1. The van der Waals surface area contributed by atoms with Crippen LogP contribution in [0.3, 0.4) is 0 Å². The van der Waals surface area contributed by atoms with Crippen molar-refractivity contribution in [2.75, 3.05) is 47.0 Å². The van der Waals surface area contributed by atoms with Gasteiger partial charge in [-0.3, -0.25) is 10.2 Å². The Labute approximate surface area is 109 Å². The fourth-order valence-corrected chi connectivity index (χ4v) is 2.23. The molecule has 0 aromatic rings. The number of carbonyl (C=O) groups excluding carboxylic acids is 1. The number of rotatable bonds is 10. The minimum Gasteiger partial charge on any atom is -0.293 e. The largest absolute Gasteiger partial charge is 0.488 e. The summed E-state index contributed by atoms with van der Waals surface area (Å²) in [5.74, 6) is 0. The van der Waals surface area contributed by atoms with Gasteiger partial charge in [-0.15, -0.1) is 9.60 Å². The topological polar surface area (TPSA) is 44.6 Å². The number of urea groups is 1. The van der Waals surface area contributed by atoms with E-state index in [0.29, 0.717) is 17.4 Å². The van der Waals surface area contributed by atoms with Crippen molar-refractivity contribution >= 4 is 6.03 Å². The molecule has 6 heteroatoms. The zero-order valence-corrected chi connectivity index (χ0v) is 11.5. The van der Waals surface area contributed by atoms with Gasteiger partial charge in [-0.25, -0.2) is 0 Å². The van der Waals surface area contributed by atoms with Gasteiger partial charge in [-0.1, -0.05) is 12.8 Å². The molecule has 0 aromatic heterocycles. The molecule has 2 heterocycles. The van der Waals surface area contributed by atoms with Crippen molar-refractivity contribution in [1.82, 2.24) is 15.4 Å². The van der Waals surface area contributed by atoms with E-state index in [-0.39, 0.29) is 0 Å². The number of carbonyl (C=O) groups is 1. The van der Waals surface area contributed by atoms with Gasteiger partial charge in [0.2, 0.25) is 0 Å². The predicted octanol–water partition coefficient (Wildman–Crippen LogP) is 0.768. The lowest BCUT2D eigenvalue weighted by atomic mass is 10.2. The highest BCUT2D eigenvalue weighted by Gasteiger charge is 2.75. The molecule has 0 unspecified atom stereocenters. The molecule has 0 aromatic carbocycles. The lowest BCUT2D eigenvalue weighted by Crippen LogP contribution is -2.24. The molecule has 0 bridgehead atoms. The molecule has 2 aliphatic heterocycles. The monoisotopic (exact) mass is 257 g/mol. The number of nitrogens with one attached hydrogen (secondary N) is 1. The molecule has 2 amide bonds. The summed E-state index contributed by atoms with van der Waals surface area (Å²) in [6.45, 7) is 4.63. The van der Waals surface area contributed by atoms with E-state index in [1.165, 1.54) is 19.3 Å². The summed E-state index contributed by atoms with van der Waals surface area (Å²) in [6.07, 6.45) is 4.74. The average molecular weight is 257 g/mol. The second-order valence-electron chi connectivity index (χ2n) is 5.28. The van der Waals surface area contributed by atoms with Crippen LogP contribution in [-0.2, 0) is 4.84 Å². The summed E-state index contributed by atoms with van der Waals surface area (Å²) in [6, 6.07) is 0.345. The van der Waals surface area contributed by atoms with E-state index in [1.54, 1.807) is 5.06 Å². The van der Waals surface area contributed by atoms with Gasteiger partial charge >= 0.3 is 6.03 Å². The molecule has 1 spiro atoms. The first-order chi connectivity index (χ1) is 8.67. The van der Waals surface area contributed by atoms with Gasteiger partial charge in [-0.2, -0.15) is 9.86 Å². The van der Waals surface area contributed by atoms with Crippen molar-refractivity contribution in [3.05, 3.63) is 0 Å². The van der Waals surface area contributed by atoms with Crippen molar-refractivity contribution in [2.45, 2.75) is 25.7 Å². The fourth-order valence-electron chi connectivity index (χ4n) is 2.23. The minimum absolute atomic E-state index is 0.345. The van der Waals surface area contributed by atoms with Crippen molar-refractivity contribution in [3.63, 3.8) is 0 Å². The van der Waals surface area contributed by atoms with Gasteiger partial charge in [0, 0.05) is 14.1 Å². The minimum atomic E-state index is 0.345. The van der Waals surface area contributed by atoms with E-state index in [2.05, 4.69) is 5.32 Å². The predicted molar refractivity (Wildman–Crippen MR) is 68.2 cm³/mol. The van der Waals surface area contributed by atoms with Crippen LogP contribution in [-0.4, -0.2) is 67.7 Å². The number of unbranched alkanes of at least 4 members (excludes halogenated alkanes) is 3. The van der Waals surface area contributed by atoms with E-state index in [9.17, 15) is 4.79 Å². The second-order valence-corrected chi connectivity index (χ2v) is 5.28. The van der Waals surface area contributed by atoms with Crippen LogP contribution >= 0.6 is 0 Å². The first kappa shape index (κ1) is 13.7. The molecule has 2 fully saturated rings. The van der Waals surface area contributed by atoms with E-state index in [1.807, 2.05) is 19.1 Å². The van der Waals surface area contributed by atoms with Crippen molar-refractivity contribution in [2.24, 2.45) is 0 Å². The average Bonchev–Trinajstić information content (AvgIpc) is 3.20. The third-order valence-corrected chi connectivity index (χ3v) is 3.55. The molecule has 0 aliphatic carbocycles. The van der Waals surface area contributed by atoms with Crippen LogP contribution < -0.4 is 5.32 Å². The Hall–Kier alpha value is -0.690. The summed E-state index contributed by atoms with van der Waals surface area (Å²) in [4.78, 5) is 16.6. The van der Waals surface area contributed by atoms with Gasteiger partial charge in [0.15, 0.2) is 13.1 Å². The van der Waals surface area contributed by atoms with Crippen LogP contribution in [0.2, 0.25) is 0 Å². The number of hydrogen-bond acceptors (Lipinski definition) is 4. The van der Waals surface area contributed by atoms with Crippen molar-refractivity contribution < 1.29 is 14.2 Å². The first-order valence-electron chi connectivity index (χ1n) is 6.87. The van der Waals surface area contributed by atoms with Crippen molar-refractivity contribution in [1.29, 1.82) is 0 Å². The van der Waals surface area contributed by atoms with Crippen LogP contribution in [0.5, 0.6) is 0 Å². The third kappa shape index (κ3) is 3.41. The van der Waals surface area contributed by atoms with Gasteiger partial charge in [0.05, 0.1) is 6.54 Å². The molecule has 104 valence electrons. The molecule has 18 heavy (non-hydrogen) atoms. The fraction of sp³-hybridized carbons (Fsp3) is 0.917. The molecule has 0 saturated carbocycles.